The number of aromatic nitrogens is 3. The molecule has 2 N–H and O–H groups in total. The number of amides is 2. The molecule has 3 aromatic heterocycles. The molecule has 3 rings (SSSR count). The van der Waals surface area contributed by atoms with E-state index in [0.717, 1.165) is 5.52 Å². The summed E-state index contributed by atoms with van der Waals surface area (Å²) in [5, 5.41) is 9.85. The molecule has 0 radical (unpaired) electrons. The van der Waals surface area contributed by atoms with Gasteiger partial charge < -0.3 is 5.32 Å². The van der Waals surface area contributed by atoms with Gasteiger partial charge in [0, 0.05) is 18.0 Å². The average molecular weight is 322 g/mol. The SMILES string of the molecule is O=C(Nc1cc(Cl)nc(Cl)c1)Nc1cc2ccccn2n1. The minimum absolute atomic E-state index is 0.200. The van der Waals surface area contributed by atoms with Crippen molar-refractivity contribution in [2.75, 3.05) is 10.6 Å². The molecule has 0 atom stereocenters. The fraction of sp³-hybridized carbons (Fsp3) is 0. The predicted molar refractivity (Wildman–Crippen MR) is 82.1 cm³/mol. The number of pyridine rings is 2. The predicted octanol–water partition coefficient (Wildman–Crippen LogP) is 3.68. The second-order valence-electron chi connectivity index (χ2n) is 4.18. The minimum atomic E-state index is -0.447. The van der Waals surface area contributed by atoms with Crippen LogP contribution in [0.5, 0.6) is 0 Å². The van der Waals surface area contributed by atoms with E-state index in [1.807, 2.05) is 18.2 Å². The third-order valence-electron chi connectivity index (χ3n) is 2.63. The van der Waals surface area contributed by atoms with E-state index in [0.29, 0.717) is 11.5 Å². The summed E-state index contributed by atoms with van der Waals surface area (Å²) in [4.78, 5) is 15.7. The van der Waals surface area contributed by atoms with Gasteiger partial charge in [0.2, 0.25) is 0 Å². The molecule has 106 valence electrons. The third kappa shape index (κ3) is 3.24. The number of nitrogens with zero attached hydrogens (tertiary/aromatic N) is 3. The lowest BCUT2D eigenvalue weighted by Gasteiger charge is -2.05. The van der Waals surface area contributed by atoms with E-state index in [2.05, 4.69) is 20.7 Å². The highest BCUT2D eigenvalue weighted by Crippen LogP contribution is 2.19. The molecule has 6 nitrogen and oxygen atoms in total. The lowest BCUT2D eigenvalue weighted by atomic mass is 10.4. The van der Waals surface area contributed by atoms with E-state index in [1.165, 1.54) is 12.1 Å². The largest absolute Gasteiger partial charge is 0.324 e. The van der Waals surface area contributed by atoms with Crippen molar-refractivity contribution in [1.29, 1.82) is 0 Å². The van der Waals surface area contributed by atoms with Crippen LogP contribution in [0.1, 0.15) is 0 Å². The summed E-state index contributed by atoms with van der Waals surface area (Å²) in [6, 6.07) is 9.93. The zero-order valence-corrected chi connectivity index (χ0v) is 12.1. The van der Waals surface area contributed by atoms with Crippen LogP contribution in [0.3, 0.4) is 0 Å². The number of hydrogen-bond acceptors (Lipinski definition) is 3. The number of rotatable bonds is 2. The molecule has 0 unspecified atom stereocenters. The van der Waals surface area contributed by atoms with Crippen molar-refractivity contribution in [1.82, 2.24) is 14.6 Å². The highest BCUT2D eigenvalue weighted by Gasteiger charge is 2.07. The van der Waals surface area contributed by atoms with Crippen LogP contribution in [0.4, 0.5) is 16.3 Å². The molecule has 0 spiro atoms. The van der Waals surface area contributed by atoms with Gasteiger partial charge in [0.1, 0.15) is 10.3 Å². The molecule has 8 heteroatoms. The molecule has 0 aliphatic heterocycles. The van der Waals surface area contributed by atoms with Crippen molar-refractivity contribution in [3.8, 4) is 0 Å². The van der Waals surface area contributed by atoms with Crippen LogP contribution in [-0.4, -0.2) is 20.6 Å². The number of fused-ring (bicyclic) bond motifs is 1. The Morgan fingerprint density at radius 2 is 1.86 bits per heavy atom. The van der Waals surface area contributed by atoms with Crippen LogP contribution >= 0.6 is 23.2 Å². The van der Waals surface area contributed by atoms with Crippen LogP contribution < -0.4 is 10.6 Å². The number of urea groups is 1. The zero-order valence-electron chi connectivity index (χ0n) is 10.5. The maximum Gasteiger partial charge on any atom is 0.324 e. The molecule has 3 heterocycles. The molecule has 0 saturated heterocycles. The summed E-state index contributed by atoms with van der Waals surface area (Å²) in [5.41, 5.74) is 1.32. The molecule has 0 saturated carbocycles. The van der Waals surface area contributed by atoms with Gasteiger partial charge in [-0.05, 0) is 24.3 Å². The summed E-state index contributed by atoms with van der Waals surface area (Å²) in [7, 11) is 0. The maximum absolute atomic E-state index is 11.9. The Bertz CT molecular complexity index is 764. The number of hydrogen-bond donors (Lipinski definition) is 2. The quantitative estimate of drug-likeness (QED) is 0.707. The summed E-state index contributed by atoms with van der Waals surface area (Å²) < 4.78 is 1.66. The molecule has 0 aromatic carbocycles. The Balaban J connectivity index is 1.73. The van der Waals surface area contributed by atoms with Crippen molar-refractivity contribution in [3.05, 3.63) is 52.9 Å². The van der Waals surface area contributed by atoms with Crippen LogP contribution in [0.25, 0.3) is 5.52 Å². The van der Waals surface area contributed by atoms with Gasteiger partial charge in [0.05, 0.1) is 5.52 Å². The topological polar surface area (TPSA) is 71.3 Å². The zero-order chi connectivity index (χ0) is 14.8. The molecule has 2 amide bonds. The number of carbonyl (C=O) groups excluding carboxylic acids is 1. The van der Waals surface area contributed by atoms with Crippen LogP contribution in [0.15, 0.2) is 42.6 Å². The number of nitrogens with one attached hydrogen (secondary N) is 2. The van der Waals surface area contributed by atoms with E-state index in [-0.39, 0.29) is 10.3 Å². The summed E-state index contributed by atoms with van der Waals surface area (Å²) >= 11 is 11.5. The van der Waals surface area contributed by atoms with Gasteiger partial charge in [-0.25, -0.2) is 14.3 Å². The fourth-order valence-corrected chi connectivity index (χ4v) is 2.28. The Hall–Kier alpha value is -2.31. The molecule has 21 heavy (non-hydrogen) atoms. The highest BCUT2D eigenvalue weighted by atomic mass is 35.5. The molecular formula is C13H9Cl2N5O. The third-order valence-corrected chi connectivity index (χ3v) is 3.02. The van der Waals surface area contributed by atoms with E-state index in [4.69, 9.17) is 23.2 Å². The molecule has 0 aliphatic carbocycles. The van der Waals surface area contributed by atoms with Crippen LogP contribution in [0, 0.1) is 0 Å². The number of halogens is 2. The van der Waals surface area contributed by atoms with Crippen LogP contribution in [0.2, 0.25) is 10.3 Å². The number of anilines is 2. The summed E-state index contributed by atoms with van der Waals surface area (Å²) in [6.07, 6.45) is 1.79. The van der Waals surface area contributed by atoms with Crippen molar-refractivity contribution in [2.45, 2.75) is 0 Å². The van der Waals surface area contributed by atoms with Crippen LogP contribution in [-0.2, 0) is 0 Å². The monoisotopic (exact) mass is 321 g/mol. The van der Waals surface area contributed by atoms with Gasteiger partial charge >= 0.3 is 6.03 Å². The molecule has 3 aromatic rings. The standard InChI is InChI=1S/C13H9Cl2N5O/c14-10-5-8(6-11(15)17-10)16-13(21)18-12-7-9-3-1-2-4-20(9)19-12/h1-7H,(H2,16,17,18,19,21). The van der Waals surface area contributed by atoms with Gasteiger partial charge in [0.25, 0.3) is 0 Å². The molecule has 0 bridgehead atoms. The Morgan fingerprint density at radius 1 is 1.10 bits per heavy atom. The Morgan fingerprint density at radius 3 is 2.57 bits per heavy atom. The van der Waals surface area contributed by atoms with Crippen molar-refractivity contribution < 1.29 is 4.79 Å². The van der Waals surface area contributed by atoms with E-state index >= 15 is 0 Å². The van der Waals surface area contributed by atoms with E-state index < -0.39 is 6.03 Å². The van der Waals surface area contributed by atoms with Gasteiger partial charge in [-0.2, -0.15) is 0 Å². The van der Waals surface area contributed by atoms with Gasteiger partial charge in [-0.1, -0.05) is 29.3 Å². The molecule has 0 fully saturated rings. The molecule has 0 aliphatic rings. The van der Waals surface area contributed by atoms with Crippen molar-refractivity contribution in [2.24, 2.45) is 0 Å². The van der Waals surface area contributed by atoms with E-state index in [1.54, 1.807) is 16.8 Å². The molecular weight excluding hydrogens is 313 g/mol. The minimum Gasteiger partial charge on any atom is -0.307 e. The lowest BCUT2D eigenvalue weighted by Crippen LogP contribution is -2.19. The second kappa shape index (κ2) is 5.59. The Kier molecular flexibility index (Phi) is 3.64. The first-order valence-electron chi connectivity index (χ1n) is 5.96. The van der Waals surface area contributed by atoms with Crippen molar-refractivity contribution >= 4 is 46.3 Å². The van der Waals surface area contributed by atoms with Gasteiger partial charge in [0.15, 0.2) is 5.82 Å². The Labute approximate surface area is 129 Å². The first-order valence-corrected chi connectivity index (χ1v) is 6.71. The maximum atomic E-state index is 11.9. The normalized spacial score (nSPS) is 10.6. The first kappa shape index (κ1) is 13.7. The lowest BCUT2D eigenvalue weighted by molar-refractivity contribution is 0.262. The fourth-order valence-electron chi connectivity index (χ4n) is 1.81. The van der Waals surface area contributed by atoms with Gasteiger partial charge in [-0.3, -0.25) is 5.32 Å². The second-order valence-corrected chi connectivity index (χ2v) is 4.95. The van der Waals surface area contributed by atoms with E-state index in [9.17, 15) is 4.79 Å². The van der Waals surface area contributed by atoms with Crippen molar-refractivity contribution in [3.63, 3.8) is 0 Å². The summed E-state index contributed by atoms with van der Waals surface area (Å²) in [6.45, 7) is 0. The smallest absolute Gasteiger partial charge is 0.307 e. The first-order chi connectivity index (χ1) is 10.1. The summed E-state index contributed by atoms with van der Waals surface area (Å²) in [5.74, 6) is 0.435. The average Bonchev–Trinajstić information content (AvgIpc) is 2.78. The number of carbonyl (C=O) groups is 1. The highest BCUT2D eigenvalue weighted by molar-refractivity contribution is 6.33. The van der Waals surface area contributed by atoms with Gasteiger partial charge in [-0.15, -0.1) is 5.10 Å².